The van der Waals surface area contributed by atoms with Crippen LogP contribution < -0.4 is 16.2 Å². The molecule has 0 atom stereocenters. The number of hydrogen-bond donors (Lipinski definition) is 2. The predicted molar refractivity (Wildman–Crippen MR) is 101 cm³/mol. The molecule has 0 bridgehead atoms. The van der Waals surface area contributed by atoms with Crippen LogP contribution in [0.3, 0.4) is 0 Å². The van der Waals surface area contributed by atoms with Gasteiger partial charge in [-0.15, -0.1) is 5.12 Å². The van der Waals surface area contributed by atoms with Gasteiger partial charge in [-0.05, 0) is 48.5 Å². The van der Waals surface area contributed by atoms with Gasteiger partial charge in [0.05, 0.1) is 17.1 Å². The van der Waals surface area contributed by atoms with E-state index in [-0.39, 0.29) is 5.82 Å². The van der Waals surface area contributed by atoms with E-state index in [0.29, 0.717) is 11.4 Å². The maximum atomic E-state index is 13.5. The van der Waals surface area contributed by atoms with E-state index < -0.39 is 6.03 Å². The van der Waals surface area contributed by atoms with Crippen LogP contribution in [-0.4, -0.2) is 16.1 Å². The minimum Gasteiger partial charge on any atom is -0.349 e. The number of carbonyl (C=O) groups is 1. The molecule has 1 aliphatic rings. The molecule has 0 fully saturated rings. The Morgan fingerprint density at radius 3 is 2.22 bits per heavy atom. The number of primary amides is 1. The summed E-state index contributed by atoms with van der Waals surface area (Å²) in [6.07, 6.45) is 3.32. The number of urea groups is 1. The lowest BCUT2D eigenvalue weighted by Crippen LogP contribution is -2.50. The third kappa shape index (κ3) is 3.06. The topological polar surface area (TPSA) is 74.5 Å². The number of aromatic nitrogens is 1. The van der Waals surface area contributed by atoms with Gasteiger partial charge in [-0.1, -0.05) is 18.2 Å². The number of benzene rings is 2. The first kappa shape index (κ1) is 16.6. The Labute approximate surface area is 155 Å². The molecule has 2 amide bonds. The molecule has 0 aliphatic carbocycles. The molecule has 0 spiro atoms. The number of carbonyl (C=O) groups excluding carboxylic acids is 1. The van der Waals surface area contributed by atoms with Gasteiger partial charge in [0.15, 0.2) is 0 Å². The van der Waals surface area contributed by atoms with E-state index >= 15 is 0 Å². The Hall–Kier alpha value is -3.87. The highest BCUT2D eigenvalue weighted by molar-refractivity contribution is 6.00. The molecule has 2 aromatic carbocycles. The Morgan fingerprint density at radius 2 is 1.59 bits per heavy atom. The molecular weight excluding hydrogens is 345 g/mol. The quantitative estimate of drug-likeness (QED) is 0.750. The minimum absolute atomic E-state index is 0.339. The van der Waals surface area contributed by atoms with Crippen LogP contribution in [0.1, 0.15) is 11.1 Å². The van der Waals surface area contributed by atoms with Crippen LogP contribution in [0.5, 0.6) is 0 Å². The van der Waals surface area contributed by atoms with Crippen LogP contribution in [0.2, 0.25) is 0 Å². The number of nitrogens with zero attached hydrogens (tertiary/aromatic N) is 3. The summed E-state index contributed by atoms with van der Waals surface area (Å²) in [4.78, 5) is 16.2. The summed E-state index contributed by atoms with van der Waals surface area (Å²) in [5.41, 5.74) is 12.3. The highest BCUT2D eigenvalue weighted by Crippen LogP contribution is 2.37. The second kappa shape index (κ2) is 6.80. The number of nitrogens with one attached hydrogen (secondary N) is 1. The summed E-state index contributed by atoms with van der Waals surface area (Å²) < 4.78 is 13.5. The normalized spacial score (nSPS) is 13.7. The van der Waals surface area contributed by atoms with Gasteiger partial charge in [-0.3, -0.25) is 10.4 Å². The zero-order valence-electron chi connectivity index (χ0n) is 14.2. The molecule has 0 saturated carbocycles. The van der Waals surface area contributed by atoms with Crippen molar-refractivity contribution in [2.45, 2.75) is 0 Å². The average Bonchev–Trinajstić information content (AvgIpc) is 3.11. The maximum Gasteiger partial charge on any atom is 0.353 e. The van der Waals surface area contributed by atoms with Gasteiger partial charge in [-0.2, -0.15) is 0 Å². The molecule has 0 saturated heterocycles. The molecule has 1 aliphatic heterocycles. The Morgan fingerprint density at radius 1 is 0.926 bits per heavy atom. The monoisotopic (exact) mass is 361 g/mol. The SMILES string of the molecule is NC(=O)N1NC(c2ccncc2)=C(c2ccc(F)cc2)N1c1ccccc1. The first-order valence-electron chi connectivity index (χ1n) is 8.27. The molecular formula is C20H16FN5O. The van der Waals surface area contributed by atoms with Crippen LogP contribution in [-0.2, 0) is 0 Å². The second-order valence-corrected chi connectivity index (χ2v) is 5.88. The number of hydrazine groups is 2. The number of halogens is 1. The second-order valence-electron chi connectivity index (χ2n) is 5.88. The third-order valence-electron chi connectivity index (χ3n) is 4.16. The maximum absolute atomic E-state index is 13.5. The van der Waals surface area contributed by atoms with E-state index in [0.717, 1.165) is 16.8 Å². The molecule has 27 heavy (non-hydrogen) atoms. The Kier molecular flexibility index (Phi) is 4.18. The van der Waals surface area contributed by atoms with Crippen molar-refractivity contribution in [2.24, 2.45) is 5.73 Å². The standard InChI is InChI=1S/C20H16FN5O/c21-16-8-6-15(7-9-16)19-18(14-10-12-23-13-11-14)24-26(20(22)27)25(19)17-4-2-1-3-5-17/h1-13,24H,(H2,22,27). The lowest BCUT2D eigenvalue weighted by Gasteiger charge is -2.29. The molecule has 0 unspecified atom stereocenters. The molecule has 3 aromatic rings. The number of anilines is 1. The molecule has 3 N–H and O–H groups in total. The summed E-state index contributed by atoms with van der Waals surface area (Å²) in [5.74, 6) is -0.339. The summed E-state index contributed by atoms with van der Waals surface area (Å²) in [6.45, 7) is 0. The van der Waals surface area contributed by atoms with E-state index in [1.165, 1.54) is 17.3 Å². The summed E-state index contributed by atoms with van der Waals surface area (Å²) in [7, 11) is 0. The average molecular weight is 361 g/mol. The van der Waals surface area contributed by atoms with Gasteiger partial charge in [-0.25, -0.2) is 14.2 Å². The van der Waals surface area contributed by atoms with Crippen LogP contribution in [0.15, 0.2) is 79.1 Å². The molecule has 134 valence electrons. The van der Waals surface area contributed by atoms with Gasteiger partial charge in [0.1, 0.15) is 5.82 Å². The fourth-order valence-corrected chi connectivity index (χ4v) is 2.98. The first-order chi connectivity index (χ1) is 13.1. The van der Waals surface area contributed by atoms with Gasteiger partial charge in [0.25, 0.3) is 0 Å². The molecule has 2 heterocycles. The van der Waals surface area contributed by atoms with E-state index in [4.69, 9.17) is 5.73 Å². The van der Waals surface area contributed by atoms with Crippen molar-refractivity contribution < 1.29 is 9.18 Å². The van der Waals surface area contributed by atoms with Crippen LogP contribution >= 0.6 is 0 Å². The van der Waals surface area contributed by atoms with E-state index in [2.05, 4.69) is 10.4 Å². The van der Waals surface area contributed by atoms with Gasteiger partial charge in [0.2, 0.25) is 0 Å². The van der Waals surface area contributed by atoms with Gasteiger partial charge >= 0.3 is 6.03 Å². The molecule has 0 radical (unpaired) electrons. The van der Waals surface area contributed by atoms with E-state index in [1.54, 1.807) is 29.5 Å². The van der Waals surface area contributed by atoms with Crippen molar-refractivity contribution in [1.82, 2.24) is 15.5 Å². The highest BCUT2D eigenvalue weighted by Gasteiger charge is 2.35. The summed E-state index contributed by atoms with van der Waals surface area (Å²) in [6, 6.07) is 18.4. The fourth-order valence-electron chi connectivity index (χ4n) is 2.98. The number of nitrogens with two attached hydrogens (primary N) is 1. The molecule has 7 heteroatoms. The van der Waals surface area contributed by atoms with Crippen molar-refractivity contribution in [3.05, 3.63) is 96.1 Å². The van der Waals surface area contributed by atoms with Crippen molar-refractivity contribution in [1.29, 1.82) is 0 Å². The number of para-hydroxylation sites is 1. The van der Waals surface area contributed by atoms with E-state index in [1.807, 2.05) is 42.5 Å². The molecule has 1 aromatic heterocycles. The fraction of sp³-hybridized carbons (Fsp3) is 0. The zero-order chi connectivity index (χ0) is 18.8. The zero-order valence-corrected chi connectivity index (χ0v) is 14.2. The highest BCUT2D eigenvalue weighted by atomic mass is 19.1. The Balaban J connectivity index is 1.95. The van der Waals surface area contributed by atoms with E-state index in [9.17, 15) is 9.18 Å². The number of rotatable bonds is 3. The van der Waals surface area contributed by atoms with Crippen LogP contribution in [0.4, 0.5) is 14.9 Å². The van der Waals surface area contributed by atoms with Crippen molar-refractivity contribution in [2.75, 3.05) is 5.01 Å². The number of amides is 2. The van der Waals surface area contributed by atoms with Crippen molar-refractivity contribution in [3.8, 4) is 0 Å². The van der Waals surface area contributed by atoms with Crippen molar-refractivity contribution >= 4 is 23.1 Å². The number of pyridine rings is 1. The largest absolute Gasteiger partial charge is 0.353 e. The minimum atomic E-state index is -0.678. The van der Waals surface area contributed by atoms with Crippen LogP contribution in [0, 0.1) is 5.82 Å². The van der Waals surface area contributed by atoms with Crippen LogP contribution in [0.25, 0.3) is 11.4 Å². The number of hydrogen-bond acceptors (Lipinski definition) is 4. The third-order valence-corrected chi connectivity index (χ3v) is 4.16. The molecule has 4 rings (SSSR count). The lowest BCUT2D eigenvalue weighted by molar-refractivity contribution is 0.200. The summed E-state index contributed by atoms with van der Waals surface area (Å²) >= 11 is 0. The summed E-state index contributed by atoms with van der Waals surface area (Å²) in [5, 5.41) is 2.90. The first-order valence-corrected chi connectivity index (χ1v) is 8.27. The van der Waals surface area contributed by atoms with Crippen molar-refractivity contribution in [3.63, 3.8) is 0 Å². The van der Waals surface area contributed by atoms with Gasteiger partial charge < -0.3 is 5.73 Å². The van der Waals surface area contributed by atoms with Gasteiger partial charge in [0, 0.05) is 23.5 Å². The Bertz CT molecular complexity index is 990. The lowest BCUT2D eigenvalue weighted by atomic mass is 10.1. The molecule has 6 nitrogen and oxygen atoms in total. The smallest absolute Gasteiger partial charge is 0.349 e. The predicted octanol–water partition coefficient (Wildman–Crippen LogP) is 3.37.